The van der Waals surface area contributed by atoms with Crippen LogP contribution in [-0.2, 0) is 0 Å². The summed E-state index contributed by atoms with van der Waals surface area (Å²) in [6.07, 6.45) is 0. The molecule has 0 spiro atoms. The molecule has 1 aromatic carbocycles. The van der Waals surface area contributed by atoms with E-state index >= 15 is 0 Å². The highest BCUT2D eigenvalue weighted by Crippen LogP contribution is 2.20. The summed E-state index contributed by atoms with van der Waals surface area (Å²) in [4.78, 5) is 16.5. The average Bonchev–Trinajstić information content (AvgIpc) is 2.85. The third kappa shape index (κ3) is 2.50. The highest BCUT2D eigenvalue weighted by Gasteiger charge is 2.17. The maximum absolute atomic E-state index is 12.4. The van der Waals surface area contributed by atoms with Crippen molar-refractivity contribution in [3.63, 3.8) is 0 Å². The molecule has 1 N–H and O–H groups in total. The van der Waals surface area contributed by atoms with Gasteiger partial charge in [0, 0.05) is 10.7 Å². The first kappa shape index (κ1) is 14.4. The lowest BCUT2D eigenvalue weighted by Gasteiger charge is -2.08. The van der Waals surface area contributed by atoms with Gasteiger partial charge in [-0.2, -0.15) is 9.50 Å². The van der Waals surface area contributed by atoms with Crippen LogP contribution in [0.3, 0.4) is 0 Å². The van der Waals surface area contributed by atoms with Gasteiger partial charge in [-0.15, -0.1) is 15.3 Å². The quantitative estimate of drug-likeness (QED) is 0.784. The lowest BCUT2D eigenvalue weighted by molar-refractivity contribution is 0.102. The Hall–Kier alpha value is -2.54. The summed E-state index contributed by atoms with van der Waals surface area (Å²) >= 11 is 6.05. The third-order valence-corrected chi connectivity index (χ3v) is 3.65. The summed E-state index contributed by atoms with van der Waals surface area (Å²) in [6, 6.07) is 5.30. The highest BCUT2D eigenvalue weighted by atomic mass is 35.5. The molecule has 112 valence electrons. The van der Waals surface area contributed by atoms with Gasteiger partial charge in [0.15, 0.2) is 5.69 Å². The van der Waals surface area contributed by atoms with E-state index in [2.05, 4.69) is 25.6 Å². The number of amides is 1. The van der Waals surface area contributed by atoms with E-state index < -0.39 is 0 Å². The van der Waals surface area contributed by atoms with Crippen LogP contribution >= 0.6 is 11.6 Å². The molecule has 0 bridgehead atoms. The van der Waals surface area contributed by atoms with Crippen molar-refractivity contribution in [2.24, 2.45) is 0 Å². The van der Waals surface area contributed by atoms with Crippen molar-refractivity contribution in [2.45, 2.75) is 20.8 Å². The van der Waals surface area contributed by atoms with Crippen molar-refractivity contribution >= 4 is 29.0 Å². The molecular formula is C14H13ClN6O. The number of benzene rings is 1. The van der Waals surface area contributed by atoms with Crippen molar-refractivity contribution in [1.29, 1.82) is 0 Å². The van der Waals surface area contributed by atoms with Gasteiger partial charge in [0.1, 0.15) is 5.82 Å². The zero-order chi connectivity index (χ0) is 15.9. The molecule has 22 heavy (non-hydrogen) atoms. The Morgan fingerprint density at radius 1 is 1.23 bits per heavy atom. The minimum absolute atomic E-state index is 0.189. The monoisotopic (exact) mass is 316 g/mol. The Kier molecular flexibility index (Phi) is 3.50. The number of hydrogen-bond acceptors (Lipinski definition) is 5. The SMILES string of the molecule is Cc1nc2nnc(C(=O)Nc3ccc(C)c(Cl)c3)c(C)n2n1. The summed E-state index contributed by atoms with van der Waals surface area (Å²) in [7, 11) is 0. The van der Waals surface area contributed by atoms with Gasteiger partial charge in [-0.1, -0.05) is 17.7 Å². The molecule has 0 saturated carbocycles. The first-order valence-electron chi connectivity index (χ1n) is 6.60. The Bertz CT molecular complexity index is 888. The first-order valence-corrected chi connectivity index (χ1v) is 6.97. The Labute approximate surface area is 131 Å². The fourth-order valence-electron chi connectivity index (χ4n) is 2.03. The second-order valence-corrected chi connectivity index (χ2v) is 5.33. The zero-order valence-corrected chi connectivity index (χ0v) is 13.0. The van der Waals surface area contributed by atoms with E-state index in [0.717, 1.165) is 5.56 Å². The number of halogens is 1. The van der Waals surface area contributed by atoms with Crippen LogP contribution in [0.1, 0.15) is 27.6 Å². The van der Waals surface area contributed by atoms with Crippen LogP contribution in [0.25, 0.3) is 5.78 Å². The second kappa shape index (κ2) is 5.34. The molecule has 0 unspecified atom stereocenters. The Balaban J connectivity index is 1.94. The van der Waals surface area contributed by atoms with Crippen LogP contribution in [-0.4, -0.2) is 30.7 Å². The van der Waals surface area contributed by atoms with E-state index in [9.17, 15) is 4.79 Å². The lowest BCUT2D eigenvalue weighted by Crippen LogP contribution is -2.18. The molecule has 0 aliphatic rings. The molecular weight excluding hydrogens is 304 g/mol. The normalized spacial score (nSPS) is 10.9. The van der Waals surface area contributed by atoms with Crippen molar-refractivity contribution < 1.29 is 4.79 Å². The van der Waals surface area contributed by atoms with E-state index in [0.29, 0.717) is 28.0 Å². The van der Waals surface area contributed by atoms with Gasteiger partial charge in [0.2, 0.25) is 0 Å². The van der Waals surface area contributed by atoms with Crippen molar-refractivity contribution in [3.8, 4) is 0 Å². The molecule has 0 atom stereocenters. The van der Waals surface area contributed by atoms with Crippen LogP contribution in [0.5, 0.6) is 0 Å². The average molecular weight is 317 g/mol. The predicted molar refractivity (Wildman–Crippen MR) is 82.2 cm³/mol. The fraction of sp³-hybridized carbons (Fsp3) is 0.214. The predicted octanol–water partition coefficient (Wildman–Crippen LogP) is 2.35. The van der Waals surface area contributed by atoms with Gasteiger partial charge in [-0.05, 0) is 38.5 Å². The molecule has 2 heterocycles. The van der Waals surface area contributed by atoms with Gasteiger partial charge in [0.05, 0.1) is 5.69 Å². The molecule has 2 aromatic heterocycles. The summed E-state index contributed by atoms with van der Waals surface area (Å²) in [5.41, 5.74) is 2.29. The molecule has 3 aromatic rings. The number of nitrogens with zero attached hydrogens (tertiary/aromatic N) is 5. The number of carbonyl (C=O) groups is 1. The molecule has 0 saturated heterocycles. The number of carbonyl (C=O) groups excluding carboxylic acids is 1. The number of anilines is 1. The number of nitrogens with one attached hydrogen (secondary N) is 1. The second-order valence-electron chi connectivity index (χ2n) is 4.92. The van der Waals surface area contributed by atoms with Gasteiger partial charge in [-0.3, -0.25) is 4.79 Å². The van der Waals surface area contributed by atoms with Gasteiger partial charge < -0.3 is 5.32 Å². The standard InChI is InChI=1S/C14H13ClN6O/c1-7-4-5-10(6-11(7)15)17-13(22)12-8(2)21-14(19-18-12)16-9(3)20-21/h4-6H,1-3H3,(H,17,22). The molecule has 0 aliphatic heterocycles. The summed E-state index contributed by atoms with van der Waals surface area (Å²) in [6.45, 7) is 5.39. The molecule has 8 heteroatoms. The molecule has 3 rings (SSSR count). The number of rotatable bonds is 2. The van der Waals surface area contributed by atoms with Crippen LogP contribution in [0.4, 0.5) is 5.69 Å². The van der Waals surface area contributed by atoms with E-state index in [1.165, 1.54) is 4.52 Å². The van der Waals surface area contributed by atoms with Crippen molar-refractivity contribution in [2.75, 3.05) is 5.32 Å². The van der Waals surface area contributed by atoms with Crippen molar-refractivity contribution in [3.05, 3.63) is 46.0 Å². The Morgan fingerprint density at radius 3 is 2.73 bits per heavy atom. The smallest absolute Gasteiger partial charge is 0.278 e. The minimum atomic E-state index is -0.375. The van der Waals surface area contributed by atoms with Crippen LogP contribution in [0.2, 0.25) is 5.02 Å². The van der Waals surface area contributed by atoms with E-state index in [-0.39, 0.29) is 11.6 Å². The van der Waals surface area contributed by atoms with Crippen LogP contribution in [0, 0.1) is 20.8 Å². The molecule has 7 nitrogen and oxygen atoms in total. The largest absolute Gasteiger partial charge is 0.320 e. The Morgan fingerprint density at radius 2 is 2.00 bits per heavy atom. The van der Waals surface area contributed by atoms with Crippen LogP contribution < -0.4 is 5.32 Å². The zero-order valence-electron chi connectivity index (χ0n) is 12.3. The number of aromatic nitrogens is 5. The van der Waals surface area contributed by atoms with E-state index in [1.807, 2.05) is 13.0 Å². The topological polar surface area (TPSA) is 85.1 Å². The van der Waals surface area contributed by atoms with Crippen LogP contribution in [0.15, 0.2) is 18.2 Å². The maximum Gasteiger partial charge on any atom is 0.278 e. The highest BCUT2D eigenvalue weighted by molar-refractivity contribution is 6.31. The number of hydrogen-bond donors (Lipinski definition) is 1. The van der Waals surface area contributed by atoms with Gasteiger partial charge in [0.25, 0.3) is 11.7 Å². The van der Waals surface area contributed by atoms with Crippen molar-refractivity contribution in [1.82, 2.24) is 24.8 Å². The maximum atomic E-state index is 12.4. The molecule has 0 aliphatic carbocycles. The van der Waals surface area contributed by atoms with E-state index in [1.54, 1.807) is 26.0 Å². The molecule has 0 fully saturated rings. The summed E-state index contributed by atoms with van der Waals surface area (Å²) in [5, 5.41) is 15.4. The number of aryl methyl sites for hydroxylation is 3. The van der Waals surface area contributed by atoms with Gasteiger partial charge in [-0.25, -0.2) is 0 Å². The lowest BCUT2D eigenvalue weighted by atomic mass is 10.2. The van der Waals surface area contributed by atoms with E-state index in [4.69, 9.17) is 11.6 Å². The minimum Gasteiger partial charge on any atom is -0.320 e. The molecule has 1 amide bonds. The first-order chi connectivity index (χ1) is 10.5. The number of fused-ring (bicyclic) bond motifs is 1. The third-order valence-electron chi connectivity index (χ3n) is 3.24. The summed E-state index contributed by atoms with van der Waals surface area (Å²) < 4.78 is 1.50. The van der Waals surface area contributed by atoms with Gasteiger partial charge >= 0.3 is 0 Å². The molecule has 0 radical (unpaired) electrons. The summed E-state index contributed by atoms with van der Waals surface area (Å²) in [5.74, 6) is 0.560. The fourth-order valence-corrected chi connectivity index (χ4v) is 2.21.